The van der Waals surface area contributed by atoms with Crippen molar-refractivity contribution in [3.8, 4) is 0 Å². The Morgan fingerprint density at radius 1 is 1.10 bits per heavy atom. The maximum absolute atomic E-state index is 13.7. The molecular weight excluding hydrogens is 302 g/mol. The van der Waals surface area contributed by atoms with E-state index in [1.165, 1.54) is 30.8 Å². The zero-order chi connectivity index (χ0) is 14.7. The zero-order valence-corrected chi connectivity index (χ0v) is 12.3. The molecule has 0 aliphatic carbocycles. The summed E-state index contributed by atoms with van der Waals surface area (Å²) in [5, 5.41) is 10.6. The van der Waals surface area contributed by atoms with Gasteiger partial charge >= 0.3 is 0 Å². The molecular formula is C15H13ClF2OS. The normalized spacial score (nSPS) is 12.4. The van der Waals surface area contributed by atoms with Crippen LogP contribution in [0.2, 0.25) is 5.02 Å². The van der Waals surface area contributed by atoms with Crippen LogP contribution in [0.15, 0.2) is 41.3 Å². The standard InChI is InChI=1S/C15H13ClF2OS/c1-9-2-7-12(15(18)14(9)17)13(19)8-20-11-5-3-10(16)4-6-11/h2-7,13,19H,8H2,1H3. The molecule has 0 saturated heterocycles. The Bertz CT molecular complexity index is 602. The number of aliphatic hydroxyl groups is 1. The van der Waals surface area contributed by atoms with Crippen LogP contribution in [0.4, 0.5) is 8.78 Å². The van der Waals surface area contributed by atoms with E-state index in [1.54, 1.807) is 12.1 Å². The summed E-state index contributed by atoms with van der Waals surface area (Å²) in [7, 11) is 0. The second-order valence-corrected chi connectivity index (χ2v) is 5.91. The molecule has 20 heavy (non-hydrogen) atoms. The zero-order valence-electron chi connectivity index (χ0n) is 10.7. The van der Waals surface area contributed by atoms with Gasteiger partial charge in [-0.2, -0.15) is 0 Å². The molecule has 0 aliphatic heterocycles. The van der Waals surface area contributed by atoms with Crippen LogP contribution in [-0.4, -0.2) is 10.9 Å². The Labute approximate surface area is 125 Å². The summed E-state index contributed by atoms with van der Waals surface area (Å²) in [6.07, 6.45) is -1.06. The summed E-state index contributed by atoms with van der Waals surface area (Å²) in [5.41, 5.74) is 0.207. The molecule has 1 unspecified atom stereocenters. The number of aliphatic hydroxyl groups excluding tert-OH is 1. The second-order valence-electron chi connectivity index (χ2n) is 4.38. The second kappa shape index (κ2) is 6.57. The van der Waals surface area contributed by atoms with Gasteiger partial charge in [0, 0.05) is 21.2 Å². The van der Waals surface area contributed by atoms with Crippen molar-refractivity contribution in [2.45, 2.75) is 17.9 Å². The molecule has 2 aromatic rings. The molecule has 0 aliphatic rings. The van der Waals surface area contributed by atoms with Gasteiger partial charge in [-0.15, -0.1) is 11.8 Å². The highest BCUT2D eigenvalue weighted by atomic mass is 35.5. The Hall–Kier alpha value is -1.10. The first-order chi connectivity index (χ1) is 9.49. The summed E-state index contributed by atoms with van der Waals surface area (Å²) in [6, 6.07) is 9.98. The first-order valence-electron chi connectivity index (χ1n) is 6.00. The molecule has 1 nitrogen and oxygen atoms in total. The third-order valence-corrected chi connectivity index (χ3v) is 4.23. The lowest BCUT2D eigenvalue weighted by Crippen LogP contribution is -2.06. The van der Waals surface area contributed by atoms with Gasteiger partial charge < -0.3 is 5.11 Å². The molecule has 2 aromatic carbocycles. The van der Waals surface area contributed by atoms with E-state index in [1.807, 2.05) is 12.1 Å². The summed E-state index contributed by atoms with van der Waals surface area (Å²) in [6.45, 7) is 1.48. The number of hydrogen-bond acceptors (Lipinski definition) is 2. The first-order valence-corrected chi connectivity index (χ1v) is 7.36. The minimum atomic E-state index is -1.06. The van der Waals surface area contributed by atoms with Crippen molar-refractivity contribution in [2.24, 2.45) is 0 Å². The van der Waals surface area contributed by atoms with Gasteiger partial charge in [-0.1, -0.05) is 23.7 Å². The lowest BCUT2D eigenvalue weighted by Gasteiger charge is -2.13. The molecule has 0 heterocycles. The van der Waals surface area contributed by atoms with Gasteiger partial charge in [0.2, 0.25) is 0 Å². The van der Waals surface area contributed by atoms with Crippen LogP contribution in [0.3, 0.4) is 0 Å². The largest absolute Gasteiger partial charge is 0.387 e. The van der Waals surface area contributed by atoms with Crippen molar-refractivity contribution < 1.29 is 13.9 Å². The number of benzene rings is 2. The Morgan fingerprint density at radius 3 is 2.40 bits per heavy atom. The molecule has 0 fully saturated rings. The number of rotatable bonds is 4. The van der Waals surface area contributed by atoms with Crippen LogP contribution in [-0.2, 0) is 0 Å². The molecule has 106 valence electrons. The highest BCUT2D eigenvalue weighted by Crippen LogP contribution is 2.28. The number of thioether (sulfide) groups is 1. The van der Waals surface area contributed by atoms with E-state index < -0.39 is 17.7 Å². The first kappa shape index (κ1) is 15.3. The average Bonchev–Trinajstić information content (AvgIpc) is 2.44. The lowest BCUT2D eigenvalue weighted by molar-refractivity contribution is 0.197. The van der Waals surface area contributed by atoms with E-state index in [-0.39, 0.29) is 16.9 Å². The Balaban J connectivity index is 2.07. The van der Waals surface area contributed by atoms with Crippen LogP contribution < -0.4 is 0 Å². The average molecular weight is 315 g/mol. The molecule has 0 amide bonds. The van der Waals surface area contributed by atoms with Crippen LogP contribution >= 0.6 is 23.4 Å². The molecule has 0 radical (unpaired) electrons. The fraction of sp³-hybridized carbons (Fsp3) is 0.200. The van der Waals surface area contributed by atoms with Crippen molar-refractivity contribution in [3.05, 3.63) is 64.2 Å². The number of aryl methyl sites for hydroxylation is 1. The molecule has 1 atom stereocenters. The summed E-state index contributed by atoms with van der Waals surface area (Å²) >= 11 is 7.13. The van der Waals surface area contributed by atoms with Crippen LogP contribution in [0.5, 0.6) is 0 Å². The SMILES string of the molecule is Cc1ccc(C(O)CSc2ccc(Cl)cc2)c(F)c1F. The van der Waals surface area contributed by atoms with E-state index in [4.69, 9.17) is 11.6 Å². The molecule has 2 rings (SSSR count). The highest BCUT2D eigenvalue weighted by Gasteiger charge is 2.17. The topological polar surface area (TPSA) is 20.2 Å². The predicted octanol–water partition coefficient (Wildman–Crippen LogP) is 4.75. The molecule has 0 saturated carbocycles. The summed E-state index contributed by atoms with van der Waals surface area (Å²) in [5.74, 6) is -1.65. The molecule has 5 heteroatoms. The Morgan fingerprint density at radius 2 is 1.75 bits per heavy atom. The van der Waals surface area contributed by atoms with Crippen molar-refractivity contribution >= 4 is 23.4 Å². The van der Waals surface area contributed by atoms with Crippen molar-refractivity contribution in [1.29, 1.82) is 0 Å². The molecule has 0 bridgehead atoms. The Kier molecular flexibility index (Phi) is 5.02. The van der Waals surface area contributed by atoms with Crippen molar-refractivity contribution in [3.63, 3.8) is 0 Å². The smallest absolute Gasteiger partial charge is 0.164 e. The van der Waals surface area contributed by atoms with Crippen molar-refractivity contribution in [1.82, 2.24) is 0 Å². The van der Waals surface area contributed by atoms with Crippen molar-refractivity contribution in [2.75, 3.05) is 5.75 Å². The molecule has 1 N–H and O–H groups in total. The van der Waals surface area contributed by atoms with Crippen LogP contribution in [0.1, 0.15) is 17.2 Å². The van der Waals surface area contributed by atoms with Gasteiger partial charge in [-0.25, -0.2) is 8.78 Å². The molecule has 0 spiro atoms. The predicted molar refractivity (Wildman–Crippen MR) is 78.2 cm³/mol. The van der Waals surface area contributed by atoms with Gasteiger partial charge in [0.05, 0.1) is 6.10 Å². The highest BCUT2D eigenvalue weighted by molar-refractivity contribution is 7.99. The van der Waals surface area contributed by atoms with E-state index in [9.17, 15) is 13.9 Å². The van der Waals surface area contributed by atoms with Crippen LogP contribution in [0.25, 0.3) is 0 Å². The van der Waals surface area contributed by atoms with Gasteiger partial charge in [0.25, 0.3) is 0 Å². The number of hydrogen-bond donors (Lipinski definition) is 1. The van der Waals surface area contributed by atoms with E-state index in [2.05, 4.69) is 0 Å². The fourth-order valence-corrected chi connectivity index (χ4v) is 2.70. The fourth-order valence-electron chi connectivity index (χ4n) is 1.71. The van der Waals surface area contributed by atoms with Crippen LogP contribution in [0, 0.1) is 18.6 Å². The third-order valence-electron chi connectivity index (χ3n) is 2.89. The van der Waals surface area contributed by atoms with Gasteiger partial charge in [0.1, 0.15) is 0 Å². The monoisotopic (exact) mass is 314 g/mol. The quantitative estimate of drug-likeness (QED) is 0.822. The minimum Gasteiger partial charge on any atom is -0.387 e. The van der Waals surface area contributed by atoms with Gasteiger partial charge in [0.15, 0.2) is 11.6 Å². The lowest BCUT2D eigenvalue weighted by atomic mass is 10.1. The van der Waals surface area contributed by atoms with Gasteiger partial charge in [-0.3, -0.25) is 0 Å². The minimum absolute atomic E-state index is 0.0189. The van der Waals surface area contributed by atoms with E-state index >= 15 is 0 Å². The summed E-state index contributed by atoms with van der Waals surface area (Å²) < 4.78 is 27.2. The van der Waals surface area contributed by atoms with E-state index in [0.29, 0.717) is 5.02 Å². The molecule has 0 aromatic heterocycles. The maximum atomic E-state index is 13.7. The summed E-state index contributed by atoms with van der Waals surface area (Å²) in [4.78, 5) is 0.904. The number of halogens is 3. The third kappa shape index (κ3) is 3.51. The van der Waals surface area contributed by atoms with Gasteiger partial charge in [-0.05, 0) is 36.8 Å². The maximum Gasteiger partial charge on any atom is 0.164 e. The van der Waals surface area contributed by atoms with E-state index in [0.717, 1.165) is 4.90 Å².